The molecular formula is C12H11F4N3O. The SMILES string of the molecule is CNCCc1noc(-c2cccc(C(F)(F)F)c2F)n1. The zero-order valence-corrected chi connectivity index (χ0v) is 10.5. The van der Waals surface area contributed by atoms with E-state index in [1.807, 2.05) is 0 Å². The maximum absolute atomic E-state index is 13.9. The number of aromatic nitrogens is 2. The van der Waals surface area contributed by atoms with Crippen molar-refractivity contribution in [3.05, 3.63) is 35.4 Å². The number of nitrogens with one attached hydrogen (secondary N) is 1. The molecule has 0 bridgehead atoms. The summed E-state index contributed by atoms with van der Waals surface area (Å²) in [6, 6.07) is 2.93. The zero-order chi connectivity index (χ0) is 14.8. The number of nitrogens with zero attached hydrogens (tertiary/aromatic N) is 2. The molecule has 108 valence electrons. The van der Waals surface area contributed by atoms with E-state index in [0.29, 0.717) is 24.9 Å². The Labute approximate surface area is 111 Å². The number of halogens is 4. The Hall–Kier alpha value is -1.96. The third kappa shape index (κ3) is 2.96. The van der Waals surface area contributed by atoms with Crippen LogP contribution in [0.25, 0.3) is 11.5 Å². The molecule has 1 N–H and O–H groups in total. The smallest absolute Gasteiger partial charge is 0.334 e. The zero-order valence-electron chi connectivity index (χ0n) is 10.5. The Morgan fingerprint density at radius 2 is 2.05 bits per heavy atom. The standard InChI is InChI=1S/C12H11F4N3O/c1-17-6-5-9-18-11(20-19-9)7-3-2-4-8(10(7)13)12(14,15)16/h2-4,17H,5-6H2,1H3. The van der Waals surface area contributed by atoms with E-state index in [0.717, 1.165) is 6.07 Å². The lowest BCUT2D eigenvalue weighted by Crippen LogP contribution is -2.11. The first-order valence-corrected chi connectivity index (χ1v) is 5.76. The van der Waals surface area contributed by atoms with Gasteiger partial charge < -0.3 is 9.84 Å². The third-order valence-corrected chi connectivity index (χ3v) is 2.60. The van der Waals surface area contributed by atoms with Gasteiger partial charge in [0.1, 0.15) is 5.82 Å². The van der Waals surface area contributed by atoms with Gasteiger partial charge in [0.05, 0.1) is 11.1 Å². The first kappa shape index (κ1) is 14.4. The van der Waals surface area contributed by atoms with Crippen molar-refractivity contribution < 1.29 is 22.1 Å². The van der Waals surface area contributed by atoms with Crippen LogP contribution in [0.1, 0.15) is 11.4 Å². The molecule has 4 nitrogen and oxygen atoms in total. The highest BCUT2D eigenvalue weighted by atomic mass is 19.4. The summed E-state index contributed by atoms with van der Waals surface area (Å²) in [6.07, 6.45) is -4.34. The highest BCUT2D eigenvalue weighted by Gasteiger charge is 2.35. The van der Waals surface area contributed by atoms with E-state index >= 15 is 0 Å². The summed E-state index contributed by atoms with van der Waals surface area (Å²) in [4.78, 5) is 3.88. The average molecular weight is 289 g/mol. The van der Waals surface area contributed by atoms with Crippen molar-refractivity contribution in [2.75, 3.05) is 13.6 Å². The molecule has 0 spiro atoms. The summed E-state index contributed by atoms with van der Waals surface area (Å²) in [6.45, 7) is 0.573. The van der Waals surface area contributed by atoms with Crippen molar-refractivity contribution in [1.82, 2.24) is 15.5 Å². The van der Waals surface area contributed by atoms with Crippen LogP contribution < -0.4 is 5.32 Å². The van der Waals surface area contributed by atoms with Gasteiger partial charge in [0.2, 0.25) is 0 Å². The molecule has 1 heterocycles. The van der Waals surface area contributed by atoms with Crippen LogP contribution in [-0.2, 0) is 12.6 Å². The van der Waals surface area contributed by atoms with Crippen LogP contribution in [0, 0.1) is 5.82 Å². The van der Waals surface area contributed by atoms with Crippen molar-refractivity contribution in [2.45, 2.75) is 12.6 Å². The molecule has 0 saturated heterocycles. The summed E-state index contributed by atoms with van der Waals surface area (Å²) in [5, 5.41) is 6.45. The summed E-state index contributed by atoms with van der Waals surface area (Å²) < 4.78 is 56.5. The lowest BCUT2D eigenvalue weighted by Gasteiger charge is -2.08. The van der Waals surface area contributed by atoms with Crippen LogP contribution in [0.5, 0.6) is 0 Å². The van der Waals surface area contributed by atoms with Crippen LogP contribution in [0.15, 0.2) is 22.7 Å². The Morgan fingerprint density at radius 1 is 1.30 bits per heavy atom. The van der Waals surface area contributed by atoms with Gasteiger partial charge in [-0.1, -0.05) is 11.2 Å². The fourth-order valence-electron chi connectivity index (χ4n) is 1.62. The monoisotopic (exact) mass is 289 g/mol. The van der Waals surface area contributed by atoms with Gasteiger partial charge in [-0.15, -0.1) is 0 Å². The van der Waals surface area contributed by atoms with Gasteiger partial charge in [0.15, 0.2) is 5.82 Å². The van der Waals surface area contributed by atoms with Crippen molar-refractivity contribution in [3.8, 4) is 11.5 Å². The molecule has 0 atom stereocenters. The molecule has 2 rings (SSSR count). The molecule has 0 aliphatic carbocycles. The molecule has 1 aromatic heterocycles. The average Bonchev–Trinajstić information content (AvgIpc) is 2.83. The van der Waals surface area contributed by atoms with Crippen LogP contribution in [0.3, 0.4) is 0 Å². The molecule has 0 fully saturated rings. The van der Waals surface area contributed by atoms with Gasteiger partial charge >= 0.3 is 6.18 Å². The molecule has 0 saturated carbocycles. The first-order valence-electron chi connectivity index (χ1n) is 5.76. The second-order valence-electron chi connectivity index (χ2n) is 4.03. The predicted molar refractivity (Wildman–Crippen MR) is 62.3 cm³/mol. The summed E-state index contributed by atoms with van der Waals surface area (Å²) in [7, 11) is 1.73. The molecule has 0 unspecified atom stereocenters. The largest absolute Gasteiger partial charge is 0.419 e. The molecule has 0 amide bonds. The Balaban J connectivity index is 2.36. The Bertz CT molecular complexity index is 595. The fraction of sp³-hybridized carbons (Fsp3) is 0.333. The van der Waals surface area contributed by atoms with Crippen LogP contribution >= 0.6 is 0 Å². The molecule has 2 aromatic rings. The number of alkyl halides is 3. The minimum Gasteiger partial charge on any atom is -0.334 e. The Kier molecular flexibility index (Phi) is 4.03. The molecule has 20 heavy (non-hydrogen) atoms. The number of likely N-dealkylation sites (N-methyl/N-ethyl adjacent to an activating group) is 1. The number of benzene rings is 1. The van der Waals surface area contributed by atoms with Gasteiger partial charge in [-0.3, -0.25) is 0 Å². The van der Waals surface area contributed by atoms with Crippen molar-refractivity contribution >= 4 is 0 Å². The molecular weight excluding hydrogens is 278 g/mol. The third-order valence-electron chi connectivity index (χ3n) is 2.60. The Morgan fingerprint density at radius 3 is 2.70 bits per heavy atom. The second kappa shape index (κ2) is 5.58. The maximum Gasteiger partial charge on any atom is 0.419 e. The number of hydrogen-bond acceptors (Lipinski definition) is 4. The fourth-order valence-corrected chi connectivity index (χ4v) is 1.62. The minimum atomic E-state index is -4.77. The lowest BCUT2D eigenvalue weighted by atomic mass is 10.1. The quantitative estimate of drug-likeness (QED) is 0.879. The van der Waals surface area contributed by atoms with Crippen molar-refractivity contribution in [2.24, 2.45) is 0 Å². The first-order chi connectivity index (χ1) is 9.43. The van der Waals surface area contributed by atoms with Gasteiger partial charge in [-0.25, -0.2) is 4.39 Å². The van der Waals surface area contributed by atoms with Crippen molar-refractivity contribution in [1.29, 1.82) is 0 Å². The van der Waals surface area contributed by atoms with Gasteiger partial charge in [-0.05, 0) is 19.2 Å². The number of hydrogen-bond donors (Lipinski definition) is 1. The summed E-state index contributed by atoms with van der Waals surface area (Å²) in [5.74, 6) is -1.38. The van der Waals surface area contributed by atoms with Gasteiger partial charge in [-0.2, -0.15) is 18.2 Å². The van der Waals surface area contributed by atoms with Crippen molar-refractivity contribution in [3.63, 3.8) is 0 Å². The van der Waals surface area contributed by atoms with E-state index in [2.05, 4.69) is 15.5 Å². The molecule has 0 aliphatic heterocycles. The van der Waals surface area contributed by atoms with Crippen LogP contribution in [-0.4, -0.2) is 23.7 Å². The van der Waals surface area contributed by atoms with E-state index in [1.54, 1.807) is 7.05 Å². The van der Waals surface area contributed by atoms with E-state index in [9.17, 15) is 17.6 Å². The summed E-state index contributed by atoms with van der Waals surface area (Å²) in [5.41, 5.74) is -1.71. The van der Waals surface area contributed by atoms with Gasteiger partial charge in [0, 0.05) is 13.0 Å². The molecule has 0 aliphatic rings. The topological polar surface area (TPSA) is 51.0 Å². The maximum atomic E-state index is 13.9. The number of rotatable bonds is 4. The van der Waals surface area contributed by atoms with Crippen LogP contribution in [0.2, 0.25) is 0 Å². The normalized spacial score (nSPS) is 11.8. The van der Waals surface area contributed by atoms with Gasteiger partial charge in [0.25, 0.3) is 5.89 Å². The van der Waals surface area contributed by atoms with E-state index in [1.165, 1.54) is 6.07 Å². The highest BCUT2D eigenvalue weighted by molar-refractivity contribution is 5.55. The predicted octanol–water partition coefficient (Wildman–Crippen LogP) is 2.66. The van der Waals surface area contributed by atoms with E-state index in [-0.39, 0.29) is 11.5 Å². The highest BCUT2D eigenvalue weighted by Crippen LogP contribution is 2.34. The molecule has 0 radical (unpaired) electrons. The van der Waals surface area contributed by atoms with E-state index < -0.39 is 17.6 Å². The minimum absolute atomic E-state index is 0.264. The second-order valence-corrected chi connectivity index (χ2v) is 4.03. The molecule has 8 heteroatoms. The van der Waals surface area contributed by atoms with Crippen LogP contribution in [0.4, 0.5) is 17.6 Å². The molecule has 1 aromatic carbocycles. The van der Waals surface area contributed by atoms with E-state index in [4.69, 9.17) is 4.52 Å². The summed E-state index contributed by atoms with van der Waals surface area (Å²) >= 11 is 0. The lowest BCUT2D eigenvalue weighted by molar-refractivity contribution is -0.139.